The van der Waals surface area contributed by atoms with Gasteiger partial charge >= 0.3 is 6.18 Å². The number of pyridine rings is 1. The van der Waals surface area contributed by atoms with E-state index in [2.05, 4.69) is 4.98 Å². The number of aromatic nitrogens is 1. The molecule has 1 aliphatic carbocycles. The van der Waals surface area contributed by atoms with Gasteiger partial charge in [0, 0.05) is 18.8 Å². The summed E-state index contributed by atoms with van der Waals surface area (Å²) in [6.45, 7) is 2.38. The molecule has 134 valence electrons. The van der Waals surface area contributed by atoms with Crippen LogP contribution in [0.2, 0.25) is 0 Å². The van der Waals surface area contributed by atoms with Gasteiger partial charge in [0.2, 0.25) is 5.92 Å². The lowest BCUT2D eigenvalue weighted by molar-refractivity contribution is -0.138. The molecular weight excluding hydrogens is 331 g/mol. The molecule has 0 spiro atoms. The zero-order chi connectivity index (χ0) is 18.3. The second-order valence-corrected chi connectivity index (χ2v) is 6.30. The summed E-state index contributed by atoms with van der Waals surface area (Å²) in [5.41, 5.74) is 3.57. The Kier molecular flexibility index (Phi) is 4.88. The van der Waals surface area contributed by atoms with E-state index in [9.17, 15) is 26.7 Å². The maximum atomic E-state index is 13.5. The number of nitrogens with zero attached hydrogens (tertiary/aromatic N) is 1. The summed E-state index contributed by atoms with van der Waals surface area (Å²) in [7, 11) is 0. The minimum absolute atomic E-state index is 0.0600. The molecule has 1 heterocycles. The summed E-state index contributed by atoms with van der Waals surface area (Å²) in [5, 5.41) is 0. The maximum absolute atomic E-state index is 13.5. The Morgan fingerprint density at radius 3 is 2.38 bits per heavy atom. The van der Waals surface area contributed by atoms with Gasteiger partial charge in [0.1, 0.15) is 0 Å². The van der Waals surface area contributed by atoms with E-state index in [1.807, 2.05) is 0 Å². The minimum atomic E-state index is -4.67. The maximum Gasteiger partial charge on any atom is 0.418 e. The Bertz CT molecular complexity index is 655. The first-order valence-corrected chi connectivity index (χ1v) is 7.70. The molecule has 2 N–H and O–H groups in total. The van der Waals surface area contributed by atoms with E-state index in [0.29, 0.717) is 6.42 Å². The molecule has 1 aliphatic rings. The van der Waals surface area contributed by atoms with Crippen LogP contribution in [0.5, 0.6) is 0 Å². The van der Waals surface area contributed by atoms with Gasteiger partial charge in [-0.3, -0.25) is 9.78 Å². The molecule has 0 saturated heterocycles. The number of halogens is 5. The van der Waals surface area contributed by atoms with Gasteiger partial charge in [-0.05, 0) is 38.7 Å². The average Bonchev–Trinajstić information content (AvgIpc) is 2.56. The first-order valence-electron chi connectivity index (χ1n) is 7.70. The van der Waals surface area contributed by atoms with Crippen molar-refractivity contribution in [2.75, 3.05) is 0 Å². The lowest BCUT2D eigenvalue weighted by Gasteiger charge is -2.22. The van der Waals surface area contributed by atoms with Crippen molar-refractivity contribution in [1.82, 2.24) is 4.98 Å². The molecule has 0 aliphatic heterocycles. The van der Waals surface area contributed by atoms with Crippen LogP contribution in [0, 0.1) is 13.8 Å². The molecular formula is C16H19F5N2O. The van der Waals surface area contributed by atoms with Crippen LogP contribution >= 0.6 is 0 Å². The Morgan fingerprint density at radius 1 is 1.21 bits per heavy atom. The van der Waals surface area contributed by atoms with Gasteiger partial charge in [-0.1, -0.05) is 0 Å². The molecule has 1 aromatic rings. The van der Waals surface area contributed by atoms with E-state index >= 15 is 0 Å². The van der Waals surface area contributed by atoms with Crippen LogP contribution < -0.4 is 5.73 Å². The number of carbonyl (C=O) groups is 1. The lowest BCUT2D eigenvalue weighted by atomic mass is 9.88. The molecule has 1 amide bonds. The number of carbonyl (C=O) groups excluding carboxylic acids is 1. The topological polar surface area (TPSA) is 56.0 Å². The van der Waals surface area contributed by atoms with Crippen molar-refractivity contribution >= 4 is 5.91 Å². The highest BCUT2D eigenvalue weighted by Gasteiger charge is 2.39. The van der Waals surface area contributed by atoms with Crippen molar-refractivity contribution in [3.63, 3.8) is 0 Å². The van der Waals surface area contributed by atoms with Crippen LogP contribution in [0.4, 0.5) is 22.0 Å². The Hall–Kier alpha value is -1.73. The Morgan fingerprint density at radius 2 is 1.83 bits per heavy atom. The lowest BCUT2D eigenvalue weighted by Crippen LogP contribution is -2.23. The van der Waals surface area contributed by atoms with Crippen molar-refractivity contribution in [3.05, 3.63) is 28.1 Å². The number of nitrogens with two attached hydrogens (primary N) is 1. The number of rotatable bonds is 2. The summed E-state index contributed by atoms with van der Waals surface area (Å²) in [5.74, 6) is -4.31. The Labute approximate surface area is 136 Å². The first-order chi connectivity index (χ1) is 10.9. The third kappa shape index (κ3) is 3.67. The SMILES string of the molecule is Cc1nc(C2CCCC(F)(F)CC2)c(C(N)=O)c(C)c1C(F)(F)F. The van der Waals surface area contributed by atoms with Crippen LogP contribution in [-0.2, 0) is 6.18 Å². The summed E-state index contributed by atoms with van der Waals surface area (Å²) >= 11 is 0. The Balaban J connectivity index is 2.56. The van der Waals surface area contributed by atoms with Gasteiger partial charge in [-0.2, -0.15) is 13.2 Å². The zero-order valence-corrected chi connectivity index (χ0v) is 13.4. The van der Waals surface area contributed by atoms with Gasteiger partial charge in [-0.15, -0.1) is 0 Å². The predicted molar refractivity (Wildman–Crippen MR) is 78.0 cm³/mol. The monoisotopic (exact) mass is 350 g/mol. The average molecular weight is 350 g/mol. The van der Waals surface area contributed by atoms with Gasteiger partial charge < -0.3 is 5.73 Å². The van der Waals surface area contributed by atoms with Crippen LogP contribution in [-0.4, -0.2) is 16.8 Å². The normalized spacial score (nSPS) is 21.4. The number of alkyl halides is 5. The standard InChI is InChI=1S/C16H19F5N2O/c1-8-11(14(22)24)13(23-9(2)12(8)16(19,20)21)10-4-3-6-15(17,18)7-5-10/h10H,3-7H2,1-2H3,(H2,22,24). The minimum Gasteiger partial charge on any atom is -0.366 e. The van der Waals surface area contributed by atoms with Crippen molar-refractivity contribution in [2.45, 2.75) is 64.0 Å². The van der Waals surface area contributed by atoms with E-state index in [0.717, 1.165) is 0 Å². The van der Waals surface area contributed by atoms with Crippen molar-refractivity contribution in [3.8, 4) is 0 Å². The molecule has 24 heavy (non-hydrogen) atoms. The second-order valence-electron chi connectivity index (χ2n) is 6.30. The number of aryl methyl sites for hydroxylation is 1. The molecule has 0 bridgehead atoms. The van der Waals surface area contributed by atoms with Gasteiger partial charge in [0.25, 0.3) is 5.91 Å². The fourth-order valence-electron chi connectivity index (χ4n) is 3.44. The van der Waals surface area contributed by atoms with Gasteiger partial charge in [0.15, 0.2) is 0 Å². The molecule has 1 aromatic heterocycles. The summed E-state index contributed by atoms with van der Waals surface area (Å²) in [6, 6.07) is 0. The largest absolute Gasteiger partial charge is 0.418 e. The van der Waals surface area contributed by atoms with Crippen LogP contribution in [0.15, 0.2) is 0 Å². The fourth-order valence-corrected chi connectivity index (χ4v) is 3.44. The highest BCUT2D eigenvalue weighted by molar-refractivity contribution is 5.96. The van der Waals surface area contributed by atoms with Crippen LogP contribution in [0.1, 0.15) is 70.9 Å². The van der Waals surface area contributed by atoms with Gasteiger partial charge in [0.05, 0.1) is 22.5 Å². The van der Waals surface area contributed by atoms with Crippen LogP contribution in [0.25, 0.3) is 0 Å². The number of hydrogen-bond acceptors (Lipinski definition) is 2. The van der Waals surface area contributed by atoms with E-state index < -0.39 is 29.5 Å². The number of primary amides is 1. The predicted octanol–water partition coefficient (Wildman–Crippen LogP) is 4.50. The summed E-state index contributed by atoms with van der Waals surface area (Å²) in [6.07, 6.45) is -4.70. The van der Waals surface area contributed by atoms with E-state index in [-0.39, 0.29) is 48.2 Å². The number of amides is 1. The molecule has 0 radical (unpaired) electrons. The molecule has 0 aromatic carbocycles. The molecule has 1 atom stereocenters. The van der Waals surface area contributed by atoms with E-state index in [4.69, 9.17) is 5.73 Å². The quantitative estimate of drug-likeness (QED) is 0.631. The third-order valence-corrected chi connectivity index (χ3v) is 4.53. The molecule has 1 fully saturated rings. The zero-order valence-electron chi connectivity index (χ0n) is 13.4. The van der Waals surface area contributed by atoms with Crippen molar-refractivity contribution in [1.29, 1.82) is 0 Å². The fraction of sp³-hybridized carbons (Fsp3) is 0.625. The molecule has 2 rings (SSSR count). The van der Waals surface area contributed by atoms with E-state index in [1.165, 1.54) is 13.8 Å². The van der Waals surface area contributed by atoms with E-state index in [1.54, 1.807) is 0 Å². The molecule has 3 nitrogen and oxygen atoms in total. The number of hydrogen-bond donors (Lipinski definition) is 1. The molecule has 1 saturated carbocycles. The van der Waals surface area contributed by atoms with Gasteiger partial charge in [-0.25, -0.2) is 8.78 Å². The smallest absolute Gasteiger partial charge is 0.366 e. The second kappa shape index (κ2) is 6.29. The molecule has 8 heteroatoms. The highest BCUT2D eigenvalue weighted by Crippen LogP contribution is 2.42. The van der Waals surface area contributed by atoms with Crippen LogP contribution in [0.3, 0.4) is 0 Å². The summed E-state index contributed by atoms with van der Waals surface area (Å²) < 4.78 is 66.7. The third-order valence-electron chi connectivity index (χ3n) is 4.53. The van der Waals surface area contributed by atoms with Crippen molar-refractivity contribution < 1.29 is 26.7 Å². The highest BCUT2D eigenvalue weighted by atomic mass is 19.4. The van der Waals surface area contributed by atoms with Crippen molar-refractivity contribution in [2.24, 2.45) is 5.73 Å². The first kappa shape index (κ1) is 18.6. The summed E-state index contributed by atoms with van der Waals surface area (Å²) in [4.78, 5) is 15.7. The molecule has 1 unspecified atom stereocenters.